The molecule has 14 rings (SSSR count). The van der Waals surface area contributed by atoms with Crippen LogP contribution in [0.2, 0.25) is 0 Å². The van der Waals surface area contributed by atoms with Crippen molar-refractivity contribution < 1.29 is 0 Å². The third-order valence-corrected chi connectivity index (χ3v) is 14.8. The minimum Gasteiger partial charge on any atom is -0.310 e. The minimum atomic E-state index is -0.138. The van der Waals surface area contributed by atoms with Crippen LogP contribution in [-0.2, 0) is 5.41 Å². The standard InChI is InChI=1S/C67H46N6/c1-67(2)57-26-14-12-23-52(57)53-39-38-51(42-58(53)67)72(49-34-29-44(30-35-49)43-17-6-3-7-18-43)50-36-31-45(32-37-50)48-33-40-60-56(41-48)63-62-55(54-24-13-15-27-59(54)68-63)25-16-28-61(62)73(60)66-70-64(46-19-8-4-9-20-46)69-65(71-66)47-21-10-5-11-22-47/h3-42H,1-2H3. The van der Waals surface area contributed by atoms with Crippen LogP contribution in [0.5, 0.6) is 0 Å². The number of rotatable bonds is 8. The summed E-state index contributed by atoms with van der Waals surface area (Å²) in [6.45, 7) is 4.69. The van der Waals surface area contributed by atoms with Gasteiger partial charge in [-0.1, -0.05) is 196 Å². The summed E-state index contributed by atoms with van der Waals surface area (Å²) in [5, 5.41) is 3.28. The molecular weight excluding hydrogens is 889 g/mol. The van der Waals surface area contributed by atoms with Crippen LogP contribution in [0.15, 0.2) is 243 Å². The average Bonchev–Trinajstić information content (AvgIpc) is 3.69. The topological polar surface area (TPSA) is 58.0 Å². The number of hydrogen-bond acceptors (Lipinski definition) is 6. The van der Waals surface area contributed by atoms with Crippen molar-refractivity contribution in [2.75, 3.05) is 9.80 Å². The van der Waals surface area contributed by atoms with Crippen LogP contribution < -0.4 is 9.80 Å². The molecule has 6 heteroatoms. The third kappa shape index (κ3) is 7.02. The van der Waals surface area contributed by atoms with Crippen molar-refractivity contribution in [1.82, 2.24) is 19.9 Å². The number of pyridine rings is 1. The Morgan fingerprint density at radius 1 is 0.356 bits per heavy atom. The van der Waals surface area contributed by atoms with Gasteiger partial charge in [-0.15, -0.1) is 0 Å². The molecule has 2 aromatic heterocycles. The maximum atomic E-state index is 5.46. The van der Waals surface area contributed by atoms with E-state index >= 15 is 0 Å². The quantitative estimate of drug-likeness (QED) is 0.142. The molecule has 10 aromatic carbocycles. The number of para-hydroxylation sites is 1. The van der Waals surface area contributed by atoms with E-state index in [2.05, 4.69) is 206 Å². The lowest BCUT2D eigenvalue weighted by Crippen LogP contribution is -2.19. The molecule has 0 bridgehead atoms. The Hall–Kier alpha value is -9.52. The van der Waals surface area contributed by atoms with Gasteiger partial charge in [-0.25, -0.2) is 9.97 Å². The van der Waals surface area contributed by atoms with Crippen molar-refractivity contribution in [3.05, 3.63) is 254 Å². The molecule has 0 atom stereocenters. The second-order valence-corrected chi connectivity index (χ2v) is 19.5. The van der Waals surface area contributed by atoms with E-state index in [9.17, 15) is 0 Å². The Morgan fingerprint density at radius 3 is 1.58 bits per heavy atom. The molecule has 0 saturated heterocycles. The molecule has 0 amide bonds. The lowest BCUT2D eigenvalue weighted by Gasteiger charge is -2.32. The molecule has 0 saturated carbocycles. The van der Waals surface area contributed by atoms with Crippen LogP contribution >= 0.6 is 0 Å². The molecule has 344 valence electrons. The van der Waals surface area contributed by atoms with E-state index in [1.54, 1.807) is 0 Å². The van der Waals surface area contributed by atoms with Gasteiger partial charge in [-0.3, -0.25) is 4.90 Å². The Bertz CT molecular complexity index is 4040. The Balaban J connectivity index is 0.912. The van der Waals surface area contributed by atoms with Gasteiger partial charge in [0.25, 0.3) is 0 Å². The fraction of sp³-hybridized carbons (Fsp3) is 0.0448. The van der Waals surface area contributed by atoms with Gasteiger partial charge < -0.3 is 4.90 Å². The second-order valence-electron chi connectivity index (χ2n) is 19.5. The smallest absolute Gasteiger partial charge is 0.238 e. The van der Waals surface area contributed by atoms with Gasteiger partial charge >= 0.3 is 0 Å². The van der Waals surface area contributed by atoms with E-state index in [1.807, 2.05) is 60.7 Å². The van der Waals surface area contributed by atoms with Gasteiger partial charge in [0.15, 0.2) is 11.6 Å². The van der Waals surface area contributed by atoms with E-state index in [0.717, 1.165) is 83.6 Å². The maximum Gasteiger partial charge on any atom is 0.238 e. The number of benzene rings is 10. The molecular formula is C67H46N6. The predicted molar refractivity (Wildman–Crippen MR) is 300 cm³/mol. The minimum absolute atomic E-state index is 0.138. The van der Waals surface area contributed by atoms with Crippen LogP contribution in [-0.4, -0.2) is 19.9 Å². The number of anilines is 6. The molecule has 73 heavy (non-hydrogen) atoms. The summed E-state index contributed by atoms with van der Waals surface area (Å²) >= 11 is 0. The first-order valence-electron chi connectivity index (χ1n) is 24.9. The number of hydrogen-bond donors (Lipinski definition) is 0. The first kappa shape index (κ1) is 42.4. The number of fused-ring (bicyclic) bond motifs is 7. The second kappa shape index (κ2) is 16.8. The summed E-state index contributed by atoms with van der Waals surface area (Å²) in [6, 6.07) is 86.3. The van der Waals surface area contributed by atoms with Gasteiger partial charge in [0.05, 0.1) is 22.6 Å². The molecule has 0 spiro atoms. The first-order chi connectivity index (χ1) is 35.9. The van der Waals surface area contributed by atoms with E-state index in [-0.39, 0.29) is 5.41 Å². The Morgan fingerprint density at radius 2 is 0.890 bits per heavy atom. The largest absolute Gasteiger partial charge is 0.310 e. The van der Waals surface area contributed by atoms with Crippen LogP contribution in [0.1, 0.15) is 25.0 Å². The molecule has 6 nitrogen and oxygen atoms in total. The molecule has 12 aromatic rings. The molecule has 0 unspecified atom stereocenters. The molecule has 0 N–H and O–H groups in total. The summed E-state index contributed by atoms with van der Waals surface area (Å²) in [6.07, 6.45) is 0. The van der Waals surface area contributed by atoms with E-state index < -0.39 is 0 Å². The number of aromatic nitrogens is 4. The highest BCUT2D eigenvalue weighted by molar-refractivity contribution is 6.20. The molecule has 1 aliphatic carbocycles. The van der Waals surface area contributed by atoms with Crippen molar-refractivity contribution >= 4 is 56.1 Å². The zero-order valence-electron chi connectivity index (χ0n) is 40.3. The zero-order valence-corrected chi connectivity index (χ0v) is 40.3. The number of nitrogens with zero attached hydrogens (tertiary/aromatic N) is 6. The van der Waals surface area contributed by atoms with E-state index in [4.69, 9.17) is 19.9 Å². The SMILES string of the molecule is CC1(C)c2ccccc2-c2ccc(N(c3ccc(-c4ccccc4)cc3)c3ccc(-c4ccc5c(c4)-c4nc6ccccc6c6cccc(c46)N5c4nc(-c5ccccc5)nc(-c5ccccc5)n4)cc3)cc21. The molecule has 2 aliphatic rings. The monoisotopic (exact) mass is 934 g/mol. The normalized spacial score (nSPS) is 12.9. The summed E-state index contributed by atoms with van der Waals surface area (Å²) in [7, 11) is 0. The Labute approximate surface area is 424 Å². The van der Waals surface area contributed by atoms with Crippen LogP contribution in [0.3, 0.4) is 0 Å². The lowest BCUT2D eigenvalue weighted by atomic mass is 9.82. The fourth-order valence-electron chi connectivity index (χ4n) is 11.2. The van der Waals surface area contributed by atoms with E-state index in [0.29, 0.717) is 17.6 Å². The van der Waals surface area contributed by atoms with E-state index in [1.165, 1.54) is 33.4 Å². The Kier molecular flexibility index (Phi) is 9.76. The van der Waals surface area contributed by atoms with Crippen molar-refractivity contribution in [1.29, 1.82) is 0 Å². The van der Waals surface area contributed by atoms with Gasteiger partial charge in [0.1, 0.15) is 0 Å². The van der Waals surface area contributed by atoms with Gasteiger partial charge in [0, 0.05) is 49.9 Å². The summed E-state index contributed by atoms with van der Waals surface area (Å²) in [5.41, 5.74) is 19.6. The van der Waals surface area contributed by atoms with Crippen molar-refractivity contribution in [2.45, 2.75) is 19.3 Å². The molecule has 0 fully saturated rings. The molecule has 0 radical (unpaired) electrons. The maximum absolute atomic E-state index is 5.46. The van der Waals surface area contributed by atoms with Crippen LogP contribution in [0, 0.1) is 0 Å². The highest BCUT2D eigenvalue weighted by Crippen LogP contribution is 2.53. The summed E-state index contributed by atoms with van der Waals surface area (Å²) < 4.78 is 0. The van der Waals surface area contributed by atoms with Crippen LogP contribution in [0.4, 0.5) is 34.4 Å². The van der Waals surface area contributed by atoms with Gasteiger partial charge in [-0.2, -0.15) is 9.97 Å². The average molecular weight is 935 g/mol. The fourth-order valence-corrected chi connectivity index (χ4v) is 11.2. The van der Waals surface area contributed by atoms with Gasteiger partial charge in [0.2, 0.25) is 5.95 Å². The lowest BCUT2D eigenvalue weighted by molar-refractivity contribution is 0.660. The highest BCUT2D eigenvalue weighted by Gasteiger charge is 2.36. The van der Waals surface area contributed by atoms with Crippen molar-refractivity contribution in [3.8, 4) is 67.4 Å². The summed E-state index contributed by atoms with van der Waals surface area (Å²) in [4.78, 5) is 25.6. The zero-order chi connectivity index (χ0) is 48.6. The van der Waals surface area contributed by atoms with Crippen molar-refractivity contribution in [3.63, 3.8) is 0 Å². The van der Waals surface area contributed by atoms with Gasteiger partial charge in [-0.05, 0) is 111 Å². The predicted octanol–water partition coefficient (Wildman–Crippen LogP) is 17.5. The highest BCUT2D eigenvalue weighted by atomic mass is 15.3. The molecule has 1 aliphatic heterocycles. The van der Waals surface area contributed by atoms with Crippen molar-refractivity contribution in [2.24, 2.45) is 0 Å². The summed E-state index contributed by atoms with van der Waals surface area (Å²) in [5.74, 6) is 1.74. The van der Waals surface area contributed by atoms with Crippen LogP contribution in [0.25, 0.3) is 89.1 Å². The third-order valence-electron chi connectivity index (χ3n) is 14.8. The first-order valence-corrected chi connectivity index (χ1v) is 24.9. The molecule has 3 heterocycles.